The van der Waals surface area contributed by atoms with E-state index >= 15 is 0 Å². The van der Waals surface area contributed by atoms with Gasteiger partial charge in [0.05, 0.1) is 0 Å². The van der Waals surface area contributed by atoms with E-state index in [1.54, 1.807) is 0 Å². The van der Waals surface area contributed by atoms with Crippen LogP contribution in [0, 0.1) is 5.41 Å². The van der Waals surface area contributed by atoms with E-state index in [1.165, 1.54) is 11.8 Å². The lowest BCUT2D eigenvalue weighted by atomic mass is 10.0. The summed E-state index contributed by atoms with van der Waals surface area (Å²) in [5.74, 6) is 0. The molecule has 0 unspecified atom stereocenters. The van der Waals surface area contributed by atoms with Crippen LogP contribution >= 0.6 is 0 Å². The molecule has 0 saturated heterocycles. The molecule has 0 spiro atoms. The van der Waals surface area contributed by atoms with Crippen LogP contribution in [0.4, 0.5) is 0 Å². The van der Waals surface area contributed by atoms with Crippen LogP contribution in [0.25, 0.3) is 0 Å². The molecule has 0 saturated carbocycles. The van der Waals surface area contributed by atoms with E-state index in [2.05, 4.69) is 39.1 Å². The average Bonchev–Trinajstić information content (AvgIpc) is 2.16. The third kappa shape index (κ3) is 6.10. The minimum absolute atomic E-state index is 0.410. The smallest absolute Gasteiger partial charge is 0.0386 e. The molecule has 2 heteroatoms. The highest BCUT2D eigenvalue weighted by molar-refractivity contribution is 5.70. The third-order valence-corrected chi connectivity index (χ3v) is 2.01. The standard InChI is InChI=1S/C13H24N2/c1-5-7-12(8-6-2)13(9-10-14)15-11(3)4/h7,9-11,14-15H,5-6,8H2,1-4H3/b12-7-,13-9-,14-10?. The van der Waals surface area contributed by atoms with E-state index in [0.717, 1.165) is 25.0 Å². The zero-order valence-electron chi connectivity index (χ0n) is 10.4. The molecule has 0 bridgehead atoms. The molecule has 15 heavy (non-hydrogen) atoms. The van der Waals surface area contributed by atoms with Gasteiger partial charge in [-0.1, -0.05) is 26.3 Å². The monoisotopic (exact) mass is 208 g/mol. The van der Waals surface area contributed by atoms with Crippen molar-refractivity contribution in [3.63, 3.8) is 0 Å². The highest BCUT2D eigenvalue weighted by atomic mass is 14.9. The van der Waals surface area contributed by atoms with Gasteiger partial charge in [0.25, 0.3) is 0 Å². The molecule has 0 amide bonds. The van der Waals surface area contributed by atoms with Crippen molar-refractivity contribution in [1.29, 1.82) is 5.41 Å². The Bertz CT molecular complexity index is 237. The predicted molar refractivity (Wildman–Crippen MR) is 68.4 cm³/mol. The SMILES string of the molecule is CC/C=C(CCC)\C(=C\C=N)NC(C)C. The molecule has 0 fully saturated rings. The molecule has 2 N–H and O–H groups in total. The Labute approximate surface area is 94.0 Å². The maximum atomic E-state index is 7.17. The lowest BCUT2D eigenvalue weighted by Gasteiger charge is -2.16. The van der Waals surface area contributed by atoms with Gasteiger partial charge in [-0.25, -0.2) is 0 Å². The first-order chi connectivity index (χ1) is 7.15. The van der Waals surface area contributed by atoms with E-state index in [9.17, 15) is 0 Å². The topological polar surface area (TPSA) is 35.9 Å². The number of rotatable bonds is 7. The van der Waals surface area contributed by atoms with Crippen LogP contribution in [0.1, 0.15) is 47.0 Å². The van der Waals surface area contributed by atoms with Crippen molar-refractivity contribution in [3.8, 4) is 0 Å². The van der Waals surface area contributed by atoms with Crippen molar-refractivity contribution in [2.45, 2.75) is 53.0 Å². The fourth-order valence-corrected chi connectivity index (χ4v) is 1.50. The van der Waals surface area contributed by atoms with Gasteiger partial charge in [-0.2, -0.15) is 0 Å². The van der Waals surface area contributed by atoms with Crippen molar-refractivity contribution in [2.24, 2.45) is 0 Å². The molecule has 0 aliphatic rings. The average molecular weight is 208 g/mol. The number of hydrogen-bond donors (Lipinski definition) is 2. The minimum atomic E-state index is 0.410. The normalized spacial score (nSPS) is 13.1. The van der Waals surface area contributed by atoms with Gasteiger partial charge in [0, 0.05) is 18.0 Å². The van der Waals surface area contributed by atoms with Gasteiger partial charge >= 0.3 is 0 Å². The zero-order valence-corrected chi connectivity index (χ0v) is 10.4. The van der Waals surface area contributed by atoms with E-state index < -0.39 is 0 Å². The summed E-state index contributed by atoms with van der Waals surface area (Å²) in [7, 11) is 0. The molecule has 0 aromatic heterocycles. The van der Waals surface area contributed by atoms with Crippen molar-refractivity contribution < 1.29 is 0 Å². The van der Waals surface area contributed by atoms with Crippen molar-refractivity contribution in [2.75, 3.05) is 0 Å². The van der Waals surface area contributed by atoms with Crippen LogP contribution in [0.2, 0.25) is 0 Å². The fraction of sp³-hybridized carbons (Fsp3) is 0.615. The van der Waals surface area contributed by atoms with Crippen LogP contribution in [-0.4, -0.2) is 12.3 Å². The molecule has 0 aliphatic heterocycles. The van der Waals surface area contributed by atoms with Crippen LogP contribution in [0.3, 0.4) is 0 Å². The Morgan fingerprint density at radius 1 is 1.33 bits per heavy atom. The number of nitrogens with one attached hydrogen (secondary N) is 2. The van der Waals surface area contributed by atoms with Gasteiger partial charge in [0.1, 0.15) is 0 Å². The molecule has 0 atom stereocenters. The zero-order chi connectivity index (χ0) is 11.7. The maximum Gasteiger partial charge on any atom is 0.0386 e. The second-order valence-electron chi connectivity index (χ2n) is 3.93. The van der Waals surface area contributed by atoms with Crippen LogP contribution < -0.4 is 5.32 Å². The van der Waals surface area contributed by atoms with Crippen molar-refractivity contribution >= 4 is 6.21 Å². The Morgan fingerprint density at radius 2 is 2.00 bits per heavy atom. The van der Waals surface area contributed by atoms with Gasteiger partial charge in [-0.3, -0.25) is 0 Å². The summed E-state index contributed by atoms with van der Waals surface area (Å²) < 4.78 is 0. The molecule has 0 aromatic carbocycles. The van der Waals surface area contributed by atoms with E-state index in [0.29, 0.717) is 6.04 Å². The Morgan fingerprint density at radius 3 is 2.40 bits per heavy atom. The van der Waals surface area contributed by atoms with Gasteiger partial charge in [-0.15, -0.1) is 0 Å². The molecular weight excluding hydrogens is 184 g/mol. The van der Waals surface area contributed by atoms with Gasteiger partial charge < -0.3 is 10.7 Å². The van der Waals surface area contributed by atoms with Gasteiger partial charge in [-0.05, 0) is 38.3 Å². The lowest BCUT2D eigenvalue weighted by Crippen LogP contribution is -2.23. The van der Waals surface area contributed by atoms with Crippen molar-refractivity contribution in [3.05, 3.63) is 23.4 Å². The Balaban J connectivity index is 4.76. The van der Waals surface area contributed by atoms with Gasteiger partial charge in [0.2, 0.25) is 0 Å². The molecule has 0 aliphatic carbocycles. The fourth-order valence-electron chi connectivity index (χ4n) is 1.50. The van der Waals surface area contributed by atoms with Crippen LogP contribution in [0.5, 0.6) is 0 Å². The Hall–Kier alpha value is -1.05. The van der Waals surface area contributed by atoms with E-state index in [4.69, 9.17) is 5.41 Å². The van der Waals surface area contributed by atoms with Gasteiger partial charge in [0.15, 0.2) is 0 Å². The summed E-state index contributed by atoms with van der Waals surface area (Å²) in [6, 6.07) is 0.410. The molecule has 2 nitrogen and oxygen atoms in total. The molecular formula is C13H24N2. The largest absolute Gasteiger partial charge is 0.383 e. The molecule has 0 rings (SSSR count). The summed E-state index contributed by atoms with van der Waals surface area (Å²) in [6.45, 7) is 8.56. The Kier molecular flexibility index (Phi) is 7.69. The summed E-state index contributed by atoms with van der Waals surface area (Å²) >= 11 is 0. The second-order valence-corrected chi connectivity index (χ2v) is 3.93. The number of allylic oxidation sites excluding steroid dienone is 3. The van der Waals surface area contributed by atoms with E-state index in [1.807, 2.05) is 6.08 Å². The molecule has 0 radical (unpaired) electrons. The van der Waals surface area contributed by atoms with Crippen molar-refractivity contribution in [1.82, 2.24) is 5.32 Å². The first-order valence-electron chi connectivity index (χ1n) is 5.82. The first kappa shape index (κ1) is 13.9. The number of hydrogen-bond acceptors (Lipinski definition) is 2. The summed E-state index contributed by atoms with van der Waals surface area (Å²) in [5, 5.41) is 10.6. The summed E-state index contributed by atoms with van der Waals surface area (Å²) in [6.07, 6.45) is 8.70. The third-order valence-electron chi connectivity index (χ3n) is 2.01. The first-order valence-corrected chi connectivity index (χ1v) is 5.82. The summed E-state index contributed by atoms with van der Waals surface area (Å²) in [5.41, 5.74) is 2.43. The minimum Gasteiger partial charge on any atom is -0.383 e. The van der Waals surface area contributed by atoms with Crippen LogP contribution in [-0.2, 0) is 0 Å². The lowest BCUT2D eigenvalue weighted by molar-refractivity contribution is 0.666. The second kappa shape index (κ2) is 8.27. The summed E-state index contributed by atoms with van der Waals surface area (Å²) in [4.78, 5) is 0. The highest BCUT2D eigenvalue weighted by Crippen LogP contribution is 2.15. The molecule has 0 aromatic rings. The molecule has 0 heterocycles. The molecule has 86 valence electrons. The maximum absolute atomic E-state index is 7.17. The highest BCUT2D eigenvalue weighted by Gasteiger charge is 2.04. The van der Waals surface area contributed by atoms with Crippen LogP contribution in [0.15, 0.2) is 23.4 Å². The quantitative estimate of drug-likeness (QED) is 0.486. The van der Waals surface area contributed by atoms with E-state index in [-0.39, 0.29) is 0 Å². The predicted octanol–water partition coefficient (Wildman–Crippen LogP) is 3.65.